The highest BCUT2D eigenvalue weighted by Gasteiger charge is 2.29. The third kappa shape index (κ3) is 2.82. The summed E-state index contributed by atoms with van der Waals surface area (Å²) in [6.45, 7) is 0.610. The Labute approximate surface area is 105 Å². The van der Waals surface area contributed by atoms with Crippen LogP contribution in [0.3, 0.4) is 0 Å². The molecule has 1 saturated heterocycles. The van der Waals surface area contributed by atoms with Crippen molar-refractivity contribution in [3.05, 3.63) is 24.0 Å². The number of carbonyl (C=O) groups excluding carboxylic acids is 1. The minimum Gasteiger partial charge on any atom is -0.481 e. The molecule has 1 aromatic rings. The molecule has 1 aliphatic rings. The van der Waals surface area contributed by atoms with Crippen molar-refractivity contribution in [3.8, 4) is 0 Å². The van der Waals surface area contributed by atoms with Crippen molar-refractivity contribution < 1.29 is 14.7 Å². The lowest BCUT2D eigenvalue weighted by atomic mass is 9.98. The van der Waals surface area contributed by atoms with Gasteiger partial charge in [0.25, 0.3) is 5.91 Å². The first-order chi connectivity index (χ1) is 8.68. The first-order valence-corrected chi connectivity index (χ1v) is 5.98. The third-order valence-electron chi connectivity index (χ3n) is 3.13. The Morgan fingerprint density at radius 1 is 1.39 bits per heavy atom. The van der Waals surface area contributed by atoms with Gasteiger partial charge in [-0.15, -0.1) is 0 Å². The SMILES string of the molecule is O=C(O)CC1CCCCN1C(=O)c1ccnnc1. The normalized spacial score (nSPS) is 19.6. The molecule has 1 aliphatic heterocycles. The van der Waals surface area contributed by atoms with Crippen molar-refractivity contribution in [2.75, 3.05) is 6.54 Å². The highest BCUT2D eigenvalue weighted by molar-refractivity contribution is 5.94. The number of likely N-dealkylation sites (tertiary alicyclic amines) is 1. The van der Waals surface area contributed by atoms with Crippen molar-refractivity contribution in [3.63, 3.8) is 0 Å². The van der Waals surface area contributed by atoms with E-state index in [0.717, 1.165) is 19.3 Å². The Bertz CT molecular complexity index is 435. The minimum absolute atomic E-state index is 0.00422. The lowest BCUT2D eigenvalue weighted by molar-refractivity contribution is -0.138. The van der Waals surface area contributed by atoms with Gasteiger partial charge in [-0.05, 0) is 25.3 Å². The van der Waals surface area contributed by atoms with Gasteiger partial charge in [-0.3, -0.25) is 9.59 Å². The highest BCUT2D eigenvalue weighted by Crippen LogP contribution is 2.21. The number of piperidine rings is 1. The molecular weight excluding hydrogens is 234 g/mol. The van der Waals surface area contributed by atoms with Crippen LogP contribution < -0.4 is 0 Å². The lowest BCUT2D eigenvalue weighted by Gasteiger charge is -2.34. The second kappa shape index (κ2) is 5.57. The summed E-state index contributed by atoms with van der Waals surface area (Å²) >= 11 is 0. The fourth-order valence-electron chi connectivity index (χ4n) is 2.26. The zero-order valence-electron chi connectivity index (χ0n) is 9.95. The van der Waals surface area contributed by atoms with Gasteiger partial charge in [0.2, 0.25) is 0 Å². The van der Waals surface area contributed by atoms with Crippen LogP contribution in [-0.4, -0.2) is 44.7 Å². The van der Waals surface area contributed by atoms with Crippen molar-refractivity contribution in [1.29, 1.82) is 0 Å². The van der Waals surface area contributed by atoms with E-state index in [0.29, 0.717) is 12.1 Å². The van der Waals surface area contributed by atoms with Crippen LogP contribution in [0, 0.1) is 0 Å². The molecule has 0 aliphatic carbocycles. The summed E-state index contributed by atoms with van der Waals surface area (Å²) in [5.74, 6) is -1.02. The van der Waals surface area contributed by atoms with Crippen LogP contribution in [-0.2, 0) is 4.79 Å². The second-order valence-corrected chi connectivity index (χ2v) is 4.38. The zero-order chi connectivity index (χ0) is 13.0. The number of rotatable bonds is 3. The van der Waals surface area contributed by atoms with Gasteiger partial charge in [-0.25, -0.2) is 0 Å². The van der Waals surface area contributed by atoms with Gasteiger partial charge in [0.1, 0.15) is 0 Å². The molecule has 1 N–H and O–H groups in total. The number of carboxylic acid groups (broad SMARTS) is 1. The molecule has 1 unspecified atom stereocenters. The van der Waals surface area contributed by atoms with Crippen LogP contribution in [0.1, 0.15) is 36.0 Å². The number of hydrogen-bond donors (Lipinski definition) is 1. The van der Waals surface area contributed by atoms with Crippen LogP contribution in [0.2, 0.25) is 0 Å². The highest BCUT2D eigenvalue weighted by atomic mass is 16.4. The van der Waals surface area contributed by atoms with E-state index in [1.165, 1.54) is 12.4 Å². The fraction of sp³-hybridized carbons (Fsp3) is 0.500. The summed E-state index contributed by atoms with van der Waals surface area (Å²) in [6, 6.07) is 1.39. The van der Waals surface area contributed by atoms with Gasteiger partial charge >= 0.3 is 5.97 Å². The first-order valence-electron chi connectivity index (χ1n) is 5.98. The topological polar surface area (TPSA) is 83.4 Å². The molecule has 0 spiro atoms. The third-order valence-corrected chi connectivity index (χ3v) is 3.13. The van der Waals surface area contributed by atoms with Gasteiger partial charge in [0.05, 0.1) is 24.4 Å². The summed E-state index contributed by atoms with van der Waals surface area (Å²) < 4.78 is 0. The van der Waals surface area contributed by atoms with E-state index >= 15 is 0 Å². The molecule has 0 radical (unpaired) electrons. The Morgan fingerprint density at radius 3 is 2.89 bits per heavy atom. The van der Waals surface area contributed by atoms with E-state index in [1.54, 1.807) is 11.0 Å². The number of nitrogens with zero attached hydrogens (tertiary/aromatic N) is 3. The first kappa shape index (κ1) is 12.5. The number of aromatic nitrogens is 2. The molecule has 1 aromatic heterocycles. The maximum absolute atomic E-state index is 12.3. The summed E-state index contributed by atoms with van der Waals surface area (Å²) in [5.41, 5.74) is 0.460. The summed E-state index contributed by atoms with van der Waals surface area (Å²) in [5, 5.41) is 16.2. The standard InChI is InChI=1S/C12H15N3O3/c16-11(17)7-10-3-1-2-6-15(10)12(18)9-4-5-13-14-8-9/h4-5,8,10H,1-3,6-7H2,(H,16,17). The summed E-state index contributed by atoms with van der Waals surface area (Å²) in [6.07, 6.45) is 5.51. The predicted octanol–water partition coefficient (Wildman–Crippen LogP) is 0.946. The van der Waals surface area contributed by atoms with E-state index in [1.807, 2.05) is 0 Å². The average Bonchev–Trinajstić information content (AvgIpc) is 2.39. The quantitative estimate of drug-likeness (QED) is 0.862. The number of carboxylic acids is 1. The smallest absolute Gasteiger partial charge is 0.305 e. The van der Waals surface area contributed by atoms with E-state index in [2.05, 4.69) is 10.2 Å². The van der Waals surface area contributed by atoms with Gasteiger partial charge in [-0.2, -0.15) is 10.2 Å². The molecule has 6 nitrogen and oxygen atoms in total. The van der Waals surface area contributed by atoms with Gasteiger partial charge in [-0.1, -0.05) is 0 Å². The van der Waals surface area contributed by atoms with Crippen LogP contribution in [0.25, 0.3) is 0 Å². The molecule has 96 valence electrons. The molecule has 0 saturated carbocycles. The maximum Gasteiger partial charge on any atom is 0.305 e. The van der Waals surface area contributed by atoms with Crippen LogP contribution in [0.15, 0.2) is 18.5 Å². The number of amides is 1. The molecular formula is C12H15N3O3. The zero-order valence-corrected chi connectivity index (χ0v) is 9.95. The van der Waals surface area contributed by atoms with Crippen LogP contribution >= 0.6 is 0 Å². The molecule has 6 heteroatoms. The van der Waals surface area contributed by atoms with E-state index in [-0.39, 0.29) is 18.4 Å². The summed E-state index contributed by atoms with van der Waals surface area (Å²) in [7, 11) is 0. The van der Waals surface area contributed by atoms with Crippen molar-refractivity contribution >= 4 is 11.9 Å². The lowest BCUT2D eigenvalue weighted by Crippen LogP contribution is -2.44. The van der Waals surface area contributed by atoms with E-state index in [9.17, 15) is 9.59 Å². The monoisotopic (exact) mass is 249 g/mol. The van der Waals surface area contributed by atoms with Gasteiger partial charge in [0.15, 0.2) is 0 Å². The number of carbonyl (C=O) groups is 2. The predicted molar refractivity (Wildman–Crippen MR) is 63.0 cm³/mol. The maximum atomic E-state index is 12.3. The minimum atomic E-state index is -0.868. The van der Waals surface area contributed by atoms with Crippen molar-refractivity contribution in [2.24, 2.45) is 0 Å². The largest absolute Gasteiger partial charge is 0.481 e. The van der Waals surface area contributed by atoms with Crippen LogP contribution in [0.4, 0.5) is 0 Å². The summed E-state index contributed by atoms with van der Waals surface area (Å²) in [4.78, 5) is 24.7. The van der Waals surface area contributed by atoms with Crippen molar-refractivity contribution in [1.82, 2.24) is 15.1 Å². The number of aliphatic carboxylic acids is 1. The molecule has 2 heterocycles. The fourth-order valence-corrected chi connectivity index (χ4v) is 2.26. The molecule has 18 heavy (non-hydrogen) atoms. The van der Waals surface area contributed by atoms with Crippen molar-refractivity contribution in [2.45, 2.75) is 31.7 Å². The van der Waals surface area contributed by atoms with Gasteiger partial charge < -0.3 is 10.0 Å². The Morgan fingerprint density at radius 2 is 2.22 bits per heavy atom. The molecule has 1 atom stereocenters. The molecule has 0 aromatic carbocycles. The molecule has 1 amide bonds. The van der Waals surface area contributed by atoms with Crippen LogP contribution in [0.5, 0.6) is 0 Å². The Kier molecular flexibility index (Phi) is 3.86. The number of hydrogen-bond acceptors (Lipinski definition) is 4. The van der Waals surface area contributed by atoms with Gasteiger partial charge in [0, 0.05) is 12.6 Å². The second-order valence-electron chi connectivity index (χ2n) is 4.38. The molecule has 1 fully saturated rings. The molecule has 2 rings (SSSR count). The van der Waals surface area contributed by atoms with E-state index in [4.69, 9.17) is 5.11 Å². The molecule has 0 bridgehead atoms. The van der Waals surface area contributed by atoms with E-state index < -0.39 is 5.97 Å². The average molecular weight is 249 g/mol. The Hall–Kier alpha value is -1.98. The Balaban J connectivity index is 2.13.